The number of aromatic nitrogens is 4. The van der Waals surface area contributed by atoms with Crippen molar-refractivity contribution >= 4 is 16.6 Å². The van der Waals surface area contributed by atoms with Crippen LogP contribution in [0, 0.1) is 13.8 Å². The number of aromatic amines is 1. The molecular weight excluding hydrogens is 204 g/mol. The van der Waals surface area contributed by atoms with Gasteiger partial charge in [0, 0.05) is 5.39 Å². The first-order valence-corrected chi connectivity index (χ1v) is 5.01. The van der Waals surface area contributed by atoms with E-state index in [2.05, 4.69) is 15.1 Å². The molecule has 2 aromatic heterocycles. The molecule has 3 rings (SSSR count). The molecule has 0 amide bonds. The predicted molar refractivity (Wildman–Crippen MR) is 60.6 cm³/mol. The SMILES string of the molecule is Cc1ccc2c(nc(=O)n3nc[nH]c23)c1C. The van der Waals surface area contributed by atoms with E-state index in [0.29, 0.717) is 5.65 Å². The van der Waals surface area contributed by atoms with Crippen LogP contribution >= 0.6 is 0 Å². The van der Waals surface area contributed by atoms with Crippen molar-refractivity contribution < 1.29 is 0 Å². The van der Waals surface area contributed by atoms with Gasteiger partial charge in [-0.3, -0.25) is 0 Å². The molecule has 5 heteroatoms. The summed E-state index contributed by atoms with van der Waals surface area (Å²) in [5.74, 6) is 0. The molecule has 0 fully saturated rings. The Morgan fingerprint density at radius 1 is 1.31 bits per heavy atom. The Hall–Kier alpha value is -2.17. The molecule has 16 heavy (non-hydrogen) atoms. The summed E-state index contributed by atoms with van der Waals surface area (Å²) < 4.78 is 1.27. The summed E-state index contributed by atoms with van der Waals surface area (Å²) in [5.41, 5.74) is 3.25. The molecule has 0 saturated heterocycles. The number of rotatable bonds is 0. The molecule has 5 nitrogen and oxygen atoms in total. The Bertz CT molecular complexity index is 754. The number of hydrogen-bond acceptors (Lipinski definition) is 3. The Morgan fingerprint density at radius 2 is 2.12 bits per heavy atom. The summed E-state index contributed by atoms with van der Waals surface area (Å²) in [5, 5.41) is 4.82. The molecule has 0 aliphatic rings. The van der Waals surface area contributed by atoms with Crippen molar-refractivity contribution in [2.45, 2.75) is 13.8 Å². The van der Waals surface area contributed by atoms with Crippen LogP contribution in [0.25, 0.3) is 16.6 Å². The molecule has 0 aliphatic heterocycles. The van der Waals surface area contributed by atoms with Crippen molar-refractivity contribution in [3.05, 3.63) is 40.1 Å². The van der Waals surface area contributed by atoms with Gasteiger partial charge >= 0.3 is 5.69 Å². The summed E-state index contributed by atoms with van der Waals surface area (Å²) >= 11 is 0. The maximum Gasteiger partial charge on any atom is 0.370 e. The highest BCUT2D eigenvalue weighted by molar-refractivity contribution is 5.93. The van der Waals surface area contributed by atoms with Crippen LogP contribution < -0.4 is 5.69 Å². The van der Waals surface area contributed by atoms with Gasteiger partial charge in [-0.25, -0.2) is 4.79 Å². The van der Waals surface area contributed by atoms with Gasteiger partial charge in [-0.15, -0.1) is 0 Å². The first-order valence-electron chi connectivity index (χ1n) is 5.01. The second-order valence-electron chi connectivity index (χ2n) is 3.85. The first kappa shape index (κ1) is 9.08. The van der Waals surface area contributed by atoms with Crippen molar-refractivity contribution in [2.24, 2.45) is 0 Å². The number of H-pyrrole nitrogens is 1. The number of hydrogen-bond donors (Lipinski definition) is 1. The van der Waals surface area contributed by atoms with Crippen molar-refractivity contribution in [1.29, 1.82) is 0 Å². The van der Waals surface area contributed by atoms with Crippen LogP contribution in [-0.4, -0.2) is 19.6 Å². The van der Waals surface area contributed by atoms with Crippen LogP contribution in [0.2, 0.25) is 0 Å². The Kier molecular flexibility index (Phi) is 1.65. The lowest BCUT2D eigenvalue weighted by Crippen LogP contribution is -2.17. The van der Waals surface area contributed by atoms with Crippen molar-refractivity contribution in [3.8, 4) is 0 Å². The largest absolute Gasteiger partial charge is 0.370 e. The fourth-order valence-electron chi connectivity index (χ4n) is 1.88. The smallest absolute Gasteiger partial charge is 0.329 e. The van der Waals surface area contributed by atoms with E-state index < -0.39 is 0 Å². The van der Waals surface area contributed by atoms with E-state index in [9.17, 15) is 4.79 Å². The van der Waals surface area contributed by atoms with Gasteiger partial charge in [0.2, 0.25) is 0 Å². The summed E-state index contributed by atoms with van der Waals surface area (Å²) in [6.45, 7) is 3.97. The summed E-state index contributed by atoms with van der Waals surface area (Å²) in [4.78, 5) is 18.7. The van der Waals surface area contributed by atoms with E-state index >= 15 is 0 Å². The van der Waals surface area contributed by atoms with Crippen LogP contribution in [0.3, 0.4) is 0 Å². The minimum atomic E-state index is -0.350. The average Bonchev–Trinajstić information content (AvgIpc) is 2.74. The molecule has 0 aliphatic carbocycles. The number of benzene rings is 1. The lowest BCUT2D eigenvalue weighted by molar-refractivity contribution is 0.880. The number of aryl methyl sites for hydroxylation is 2. The summed E-state index contributed by atoms with van der Waals surface area (Å²) in [7, 11) is 0. The van der Waals surface area contributed by atoms with E-state index in [1.54, 1.807) is 0 Å². The maximum absolute atomic E-state index is 11.7. The Balaban J connectivity index is 2.68. The van der Waals surface area contributed by atoms with Crippen LogP contribution in [0.4, 0.5) is 0 Å². The molecule has 0 radical (unpaired) electrons. The van der Waals surface area contributed by atoms with Crippen molar-refractivity contribution in [2.75, 3.05) is 0 Å². The highest BCUT2D eigenvalue weighted by Crippen LogP contribution is 2.20. The van der Waals surface area contributed by atoms with E-state index in [1.165, 1.54) is 10.8 Å². The number of fused-ring (bicyclic) bond motifs is 3. The lowest BCUT2D eigenvalue weighted by atomic mass is 10.1. The van der Waals surface area contributed by atoms with Crippen LogP contribution in [-0.2, 0) is 0 Å². The molecule has 2 heterocycles. The normalized spacial score (nSPS) is 11.4. The molecule has 80 valence electrons. The Morgan fingerprint density at radius 3 is 2.94 bits per heavy atom. The maximum atomic E-state index is 11.7. The van der Waals surface area contributed by atoms with Crippen molar-refractivity contribution in [1.82, 2.24) is 19.6 Å². The highest BCUT2D eigenvalue weighted by Gasteiger charge is 2.09. The van der Waals surface area contributed by atoms with Gasteiger partial charge in [0.25, 0.3) is 0 Å². The van der Waals surface area contributed by atoms with Crippen LogP contribution in [0.5, 0.6) is 0 Å². The van der Waals surface area contributed by atoms with Gasteiger partial charge in [-0.2, -0.15) is 14.6 Å². The van der Waals surface area contributed by atoms with Gasteiger partial charge in [0.05, 0.1) is 5.52 Å². The standard InChI is InChI=1S/C11H10N4O/c1-6-3-4-8-9(7(6)2)14-11(16)15-10(8)12-5-13-15/h3-5H,1-2H3,(H,12,13). The third kappa shape index (κ3) is 1.02. The van der Waals surface area contributed by atoms with Gasteiger partial charge in [0.15, 0.2) is 0 Å². The highest BCUT2D eigenvalue weighted by atomic mass is 16.1. The minimum Gasteiger partial charge on any atom is -0.329 e. The van der Waals surface area contributed by atoms with E-state index in [0.717, 1.165) is 22.0 Å². The fraction of sp³-hybridized carbons (Fsp3) is 0.182. The first-order chi connectivity index (χ1) is 7.68. The zero-order valence-corrected chi connectivity index (χ0v) is 8.98. The third-order valence-electron chi connectivity index (χ3n) is 2.93. The molecule has 0 saturated carbocycles. The average molecular weight is 214 g/mol. The lowest BCUT2D eigenvalue weighted by Gasteiger charge is -2.04. The zero-order valence-electron chi connectivity index (χ0n) is 8.98. The predicted octanol–water partition coefficient (Wildman–Crippen LogP) is 1.19. The molecule has 0 unspecified atom stereocenters. The summed E-state index contributed by atoms with van der Waals surface area (Å²) in [6, 6.07) is 3.97. The van der Waals surface area contributed by atoms with Crippen molar-refractivity contribution in [3.63, 3.8) is 0 Å². The molecule has 0 bridgehead atoms. The number of nitrogens with one attached hydrogen (secondary N) is 1. The topological polar surface area (TPSA) is 63.1 Å². The molecule has 1 N–H and O–H groups in total. The van der Waals surface area contributed by atoms with E-state index in [-0.39, 0.29) is 5.69 Å². The molecule has 0 spiro atoms. The fourth-order valence-corrected chi connectivity index (χ4v) is 1.88. The monoisotopic (exact) mass is 214 g/mol. The van der Waals surface area contributed by atoms with Crippen LogP contribution in [0.1, 0.15) is 11.1 Å². The number of nitrogens with zero attached hydrogens (tertiary/aromatic N) is 3. The van der Waals surface area contributed by atoms with Gasteiger partial charge in [0.1, 0.15) is 12.0 Å². The third-order valence-corrected chi connectivity index (χ3v) is 2.93. The quantitative estimate of drug-likeness (QED) is 0.611. The summed E-state index contributed by atoms with van der Waals surface area (Å²) in [6.07, 6.45) is 1.49. The van der Waals surface area contributed by atoms with Crippen LogP contribution in [0.15, 0.2) is 23.3 Å². The van der Waals surface area contributed by atoms with E-state index in [1.807, 2.05) is 26.0 Å². The molecule has 1 aromatic carbocycles. The molecule has 0 atom stereocenters. The Labute approximate surface area is 90.8 Å². The minimum absolute atomic E-state index is 0.350. The molecular formula is C11H10N4O. The zero-order chi connectivity index (χ0) is 11.3. The van der Waals surface area contributed by atoms with Gasteiger partial charge in [-0.1, -0.05) is 6.07 Å². The second-order valence-corrected chi connectivity index (χ2v) is 3.85. The van der Waals surface area contributed by atoms with Gasteiger partial charge in [-0.05, 0) is 31.0 Å². The second kappa shape index (κ2) is 2.91. The van der Waals surface area contributed by atoms with E-state index in [4.69, 9.17) is 0 Å². The molecule has 3 aromatic rings. The van der Waals surface area contributed by atoms with Gasteiger partial charge < -0.3 is 4.98 Å².